The van der Waals surface area contributed by atoms with Crippen LogP contribution in [0.3, 0.4) is 0 Å². The highest BCUT2D eigenvalue weighted by Gasteiger charge is 2.19. The zero-order valence-corrected chi connectivity index (χ0v) is 12.4. The number of carbonyl (C=O) groups excluding carboxylic acids is 1. The molecule has 1 rings (SSSR count). The van der Waals surface area contributed by atoms with Crippen molar-refractivity contribution in [2.75, 3.05) is 18.6 Å². The summed E-state index contributed by atoms with van der Waals surface area (Å²) in [4.78, 5) is 22.6. The van der Waals surface area contributed by atoms with Crippen LogP contribution in [0.1, 0.15) is 12.0 Å². The van der Waals surface area contributed by atoms with E-state index in [1.165, 1.54) is 11.8 Å². The fourth-order valence-electron chi connectivity index (χ4n) is 1.50. The summed E-state index contributed by atoms with van der Waals surface area (Å²) in [7, 11) is 0. The number of carbonyl (C=O) groups is 2. The number of carboxylic acid groups (broad SMARTS) is 1. The van der Waals surface area contributed by atoms with Crippen molar-refractivity contribution in [3.8, 4) is 11.8 Å². The van der Waals surface area contributed by atoms with Crippen LogP contribution in [-0.4, -0.2) is 41.6 Å². The normalized spacial score (nSPS) is 11.2. The molecule has 21 heavy (non-hydrogen) atoms. The molecule has 0 fully saturated rings. The van der Waals surface area contributed by atoms with Crippen molar-refractivity contribution in [3.05, 3.63) is 29.8 Å². The zero-order valence-electron chi connectivity index (χ0n) is 11.5. The standard InChI is InChI=1S/C14H16N2O4S/c1-21-7-6-12(14(18)19)16-13(17)9-20-11-4-2-10(8-15)3-5-11/h2-5,12H,6-7,9H2,1H3,(H,16,17)(H,18,19)/t12-/m1/s1. The Morgan fingerprint density at radius 3 is 2.62 bits per heavy atom. The summed E-state index contributed by atoms with van der Waals surface area (Å²) in [6.07, 6.45) is 2.23. The molecule has 0 bridgehead atoms. The van der Waals surface area contributed by atoms with Crippen LogP contribution < -0.4 is 10.1 Å². The maximum atomic E-state index is 11.7. The minimum absolute atomic E-state index is 0.269. The van der Waals surface area contributed by atoms with Crippen LogP contribution in [0.4, 0.5) is 0 Å². The highest BCUT2D eigenvalue weighted by molar-refractivity contribution is 7.98. The number of aliphatic carboxylic acids is 1. The third kappa shape index (κ3) is 6.19. The molecule has 0 saturated carbocycles. The minimum Gasteiger partial charge on any atom is -0.484 e. The van der Waals surface area contributed by atoms with Gasteiger partial charge in [0.1, 0.15) is 11.8 Å². The molecule has 0 aliphatic heterocycles. The molecule has 1 aromatic rings. The maximum Gasteiger partial charge on any atom is 0.326 e. The first-order chi connectivity index (χ1) is 10.1. The Kier molecular flexibility index (Phi) is 7.12. The van der Waals surface area contributed by atoms with Gasteiger partial charge >= 0.3 is 5.97 Å². The van der Waals surface area contributed by atoms with E-state index in [9.17, 15) is 9.59 Å². The third-order valence-electron chi connectivity index (χ3n) is 2.60. The average Bonchev–Trinajstić information content (AvgIpc) is 2.49. The van der Waals surface area contributed by atoms with Crippen molar-refractivity contribution in [2.45, 2.75) is 12.5 Å². The van der Waals surface area contributed by atoms with Gasteiger partial charge in [0.2, 0.25) is 0 Å². The van der Waals surface area contributed by atoms with Gasteiger partial charge < -0.3 is 15.2 Å². The molecule has 0 aromatic heterocycles. The molecule has 1 amide bonds. The Balaban J connectivity index is 2.44. The van der Waals surface area contributed by atoms with Gasteiger partial charge in [0, 0.05) is 0 Å². The quantitative estimate of drug-likeness (QED) is 0.750. The van der Waals surface area contributed by atoms with Crippen LogP contribution in [0.25, 0.3) is 0 Å². The predicted molar refractivity (Wildman–Crippen MR) is 79.2 cm³/mol. The molecule has 7 heteroatoms. The van der Waals surface area contributed by atoms with E-state index in [1.807, 2.05) is 12.3 Å². The van der Waals surface area contributed by atoms with Crippen LogP contribution in [0.5, 0.6) is 5.75 Å². The van der Waals surface area contributed by atoms with Gasteiger partial charge in [-0.15, -0.1) is 0 Å². The van der Waals surface area contributed by atoms with Crippen molar-refractivity contribution in [1.29, 1.82) is 5.26 Å². The van der Waals surface area contributed by atoms with Gasteiger partial charge in [-0.2, -0.15) is 17.0 Å². The number of nitrogens with one attached hydrogen (secondary N) is 1. The average molecular weight is 308 g/mol. The Hall–Kier alpha value is -2.20. The number of nitriles is 1. The Labute approximate surface area is 127 Å². The maximum absolute atomic E-state index is 11.7. The van der Waals surface area contributed by atoms with E-state index in [4.69, 9.17) is 15.1 Å². The fourth-order valence-corrected chi connectivity index (χ4v) is 1.98. The molecule has 6 nitrogen and oxygen atoms in total. The molecule has 112 valence electrons. The van der Waals surface area contributed by atoms with Crippen LogP contribution in [-0.2, 0) is 9.59 Å². The summed E-state index contributed by atoms with van der Waals surface area (Å²) in [6.45, 7) is -0.269. The first-order valence-electron chi connectivity index (χ1n) is 6.21. The Morgan fingerprint density at radius 2 is 2.10 bits per heavy atom. The second-order valence-corrected chi connectivity index (χ2v) is 5.15. The van der Waals surface area contributed by atoms with Crippen molar-refractivity contribution in [3.63, 3.8) is 0 Å². The number of thioether (sulfide) groups is 1. The SMILES string of the molecule is CSCC[C@@H](NC(=O)COc1ccc(C#N)cc1)C(=O)O. The molecule has 1 atom stereocenters. The van der Waals surface area contributed by atoms with Gasteiger partial charge in [-0.25, -0.2) is 4.79 Å². The first kappa shape index (κ1) is 16.9. The van der Waals surface area contributed by atoms with Gasteiger partial charge in [0.25, 0.3) is 5.91 Å². The molecular formula is C14H16N2O4S. The number of hydrogen-bond acceptors (Lipinski definition) is 5. The molecule has 0 saturated heterocycles. The minimum atomic E-state index is -1.06. The van der Waals surface area contributed by atoms with E-state index in [0.29, 0.717) is 23.5 Å². The number of ether oxygens (including phenoxy) is 1. The fraction of sp³-hybridized carbons (Fsp3) is 0.357. The van der Waals surface area contributed by atoms with Crippen LogP contribution >= 0.6 is 11.8 Å². The van der Waals surface area contributed by atoms with Crippen LogP contribution in [0.2, 0.25) is 0 Å². The lowest BCUT2D eigenvalue weighted by molar-refractivity contribution is -0.142. The van der Waals surface area contributed by atoms with Gasteiger partial charge in [0.15, 0.2) is 6.61 Å². The number of benzene rings is 1. The lowest BCUT2D eigenvalue weighted by Crippen LogP contribution is -2.43. The van der Waals surface area contributed by atoms with E-state index in [2.05, 4.69) is 5.32 Å². The predicted octanol–water partition coefficient (Wildman–Crippen LogP) is 1.26. The van der Waals surface area contributed by atoms with E-state index >= 15 is 0 Å². The van der Waals surface area contributed by atoms with Gasteiger partial charge in [0.05, 0.1) is 11.6 Å². The zero-order chi connectivity index (χ0) is 15.7. The van der Waals surface area contributed by atoms with Crippen molar-refractivity contribution in [2.24, 2.45) is 0 Å². The van der Waals surface area contributed by atoms with Crippen molar-refractivity contribution >= 4 is 23.6 Å². The van der Waals surface area contributed by atoms with Crippen LogP contribution in [0.15, 0.2) is 24.3 Å². The number of hydrogen-bond donors (Lipinski definition) is 2. The summed E-state index contributed by atoms with van der Waals surface area (Å²) in [5, 5.41) is 20.1. The van der Waals surface area contributed by atoms with E-state index in [-0.39, 0.29) is 6.61 Å². The molecule has 0 aliphatic carbocycles. The second-order valence-electron chi connectivity index (χ2n) is 4.16. The lowest BCUT2D eigenvalue weighted by Gasteiger charge is -2.14. The monoisotopic (exact) mass is 308 g/mol. The molecule has 0 radical (unpaired) electrons. The molecule has 2 N–H and O–H groups in total. The highest BCUT2D eigenvalue weighted by Crippen LogP contribution is 2.11. The van der Waals surface area contributed by atoms with E-state index < -0.39 is 17.9 Å². The van der Waals surface area contributed by atoms with Crippen molar-refractivity contribution < 1.29 is 19.4 Å². The molecule has 0 aliphatic rings. The summed E-state index contributed by atoms with van der Waals surface area (Å²) in [5.74, 6) is -0.461. The number of amides is 1. The Bertz CT molecular complexity index is 525. The van der Waals surface area contributed by atoms with Gasteiger partial charge in [-0.05, 0) is 42.7 Å². The molecule has 0 spiro atoms. The Morgan fingerprint density at radius 1 is 1.43 bits per heavy atom. The van der Waals surface area contributed by atoms with Crippen LogP contribution in [0, 0.1) is 11.3 Å². The smallest absolute Gasteiger partial charge is 0.326 e. The molecule has 0 heterocycles. The number of nitrogens with zero attached hydrogens (tertiary/aromatic N) is 1. The summed E-state index contributed by atoms with van der Waals surface area (Å²) >= 11 is 1.52. The highest BCUT2D eigenvalue weighted by atomic mass is 32.2. The van der Waals surface area contributed by atoms with E-state index in [1.54, 1.807) is 24.3 Å². The first-order valence-corrected chi connectivity index (χ1v) is 7.60. The van der Waals surface area contributed by atoms with Crippen molar-refractivity contribution in [1.82, 2.24) is 5.32 Å². The molecular weight excluding hydrogens is 292 g/mol. The number of rotatable bonds is 8. The summed E-state index contributed by atoms with van der Waals surface area (Å²) in [6, 6.07) is 7.37. The molecule has 1 aromatic carbocycles. The van der Waals surface area contributed by atoms with Gasteiger partial charge in [-0.3, -0.25) is 4.79 Å². The number of carboxylic acids is 1. The van der Waals surface area contributed by atoms with E-state index in [0.717, 1.165) is 0 Å². The topological polar surface area (TPSA) is 99.4 Å². The summed E-state index contributed by atoms with van der Waals surface area (Å²) < 4.78 is 5.23. The molecule has 0 unspecified atom stereocenters. The third-order valence-corrected chi connectivity index (χ3v) is 3.24. The summed E-state index contributed by atoms with van der Waals surface area (Å²) in [5.41, 5.74) is 0.495. The van der Waals surface area contributed by atoms with Gasteiger partial charge in [-0.1, -0.05) is 0 Å². The second kappa shape index (κ2) is 8.87. The largest absolute Gasteiger partial charge is 0.484 e. The lowest BCUT2D eigenvalue weighted by atomic mass is 10.2.